The third-order valence-corrected chi connectivity index (χ3v) is 8.30. The molecule has 1 aromatic carbocycles. The van der Waals surface area contributed by atoms with Crippen LogP contribution in [0.3, 0.4) is 0 Å². The highest BCUT2D eigenvalue weighted by Crippen LogP contribution is 2.53. The molecule has 0 aromatic heterocycles. The Balaban J connectivity index is 1.85. The van der Waals surface area contributed by atoms with Gasteiger partial charge < -0.3 is 31.1 Å². The molecule has 4 atom stereocenters. The summed E-state index contributed by atoms with van der Waals surface area (Å²) in [7, 11) is 4.89. The van der Waals surface area contributed by atoms with Crippen molar-refractivity contribution in [2.75, 3.05) is 26.0 Å². The van der Waals surface area contributed by atoms with Crippen LogP contribution < -0.4 is 10.6 Å². The number of carbonyl (C=O) groups is 3. The number of hydrogen-bond donors (Lipinski definition) is 5. The van der Waals surface area contributed by atoms with Crippen molar-refractivity contribution in [1.82, 2.24) is 4.90 Å². The third-order valence-electron chi connectivity index (χ3n) is 8.30. The first kappa shape index (κ1) is 29.4. The van der Waals surface area contributed by atoms with E-state index in [4.69, 9.17) is 5.73 Å². The number of primary amides is 1. The lowest BCUT2D eigenvalue weighted by Crippen LogP contribution is -2.58. The molecule has 0 heterocycles. The number of halogens is 3. The van der Waals surface area contributed by atoms with E-state index >= 15 is 0 Å². The van der Waals surface area contributed by atoms with Gasteiger partial charge in [0, 0.05) is 55.8 Å². The molecule has 1 amide bonds. The molecule has 40 heavy (non-hydrogen) atoms. The Morgan fingerprint density at radius 3 is 2.35 bits per heavy atom. The Bertz CT molecular complexity index is 1370. The number of aromatic hydroxyl groups is 1. The second-order valence-electron chi connectivity index (χ2n) is 11.1. The molecule has 0 radical (unpaired) electrons. The zero-order valence-electron chi connectivity index (χ0n) is 22.5. The number of ketones is 2. The zero-order chi connectivity index (χ0) is 30.1. The van der Waals surface area contributed by atoms with E-state index in [-0.39, 0.29) is 36.1 Å². The molecular weight excluding hydrogens is 535 g/mol. The number of hydrogen-bond acceptors (Lipinski definition) is 9. The molecule has 13 heteroatoms. The maximum atomic E-state index is 13.7. The minimum absolute atomic E-state index is 0.00398. The first-order valence-corrected chi connectivity index (χ1v) is 12.7. The van der Waals surface area contributed by atoms with Crippen LogP contribution in [0.5, 0.6) is 5.75 Å². The summed E-state index contributed by atoms with van der Waals surface area (Å²) in [5.41, 5.74) is 2.49. The average Bonchev–Trinajstić information content (AvgIpc) is 2.81. The molecule has 1 fully saturated rings. The molecule has 0 spiro atoms. The molecule has 3 aliphatic carbocycles. The fourth-order valence-electron chi connectivity index (χ4n) is 6.16. The summed E-state index contributed by atoms with van der Waals surface area (Å²) in [6.45, 7) is 1.28. The molecule has 4 unspecified atom stereocenters. The predicted octanol–water partition coefficient (Wildman–Crippen LogP) is 2.26. The summed E-state index contributed by atoms with van der Waals surface area (Å²) in [6.07, 6.45) is -5.77. The highest BCUT2D eigenvalue weighted by atomic mass is 19.4. The molecule has 1 saturated carbocycles. The number of nitrogens with two attached hydrogens (primary N) is 1. The van der Waals surface area contributed by atoms with Gasteiger partial charge in [-0.2, -0.15) is 13.2 Å². The van der Waals surface area contributed by atoms with Crippen molar-refractivity contribution < 1.29 is 48.0 Å². The Hall–Kier alpha value is -3.58. The fourth-order valence-corrected chi connectivity index (χ4v) is 6.16. The van der Waals surface area contributed by atoms with Crippen molar-refractivity contribution in [3.05, 3.63) is 39.7 Å². The van der Waals surface area contributed by atoms with Gasteiger partial charge in [-0.05, 0) is 44.4 Å². The lowest BCUT2D eigenvalue weighted by molar-refractivity contribution is -0.148. The quantitative estimate of drug-likeness (QED) is 0.324. The average molecular weight is 568 g/mol. The maximum absolute atomic E-state index is 13.7. The number of phenols is 1. The van der Waals surface area contributed by atoms with Gasteiger partial charge in [0.1, 0.15) is 22.8 Å². The maximum Gasteiger partial charge on any atom is 0.390 e. The second kappa shape index (κ2) is 9.81. The highest BCUT2D eigenvalue weighted by molar-refractivity contribution is 6.22. The van der Waals surface area contributed by atoms with Crippen LogP contribution in [0.25, 0.3) is 5.76 Å². The number of carbonyl (C=O) groups excluding carboxylic acids is 3. The van der Waals surface area contributed by atoms with Crippen molar-refractivity contribution in [2.45, 2.75) is 57.0 Å². The van der Waals surface area contributed by atoms with Crippen LogP contribution in [0.1, 0.15) is 42.9 Å². The van der Waals surface area contributed by atoms with Crippen molar-refractivity contribution in [2.24, 2.45) is 17.6 Å². The van der Waals surface area contributed by atoms with Gasteiger partial charge in [-0.25, -0.2) is 0 Å². The van der Waals surface area contributed by atoms with Gasteiger partial charge in [0.15, 0.2) is 11.4 Å². The predicted molar refractivity (Wildman–Crippen MR) is 137 cm³/mol. The number of alkyl halides is 3. The highest BCUT2D eigenvalue weighted by Gasteiger charge is 2.60. The van der Waals surface area contributed by atoms with Crippen LogP contribution in [-0.4, -0.2) is 81.8 Å². The number of amides is 1. The van der Waals surface area contributed by atoms with Crippen LogP contribution in [0.2, 0.25) is 0 Å². The van der Waals surface area contributed by atoms with Gasteiger partial charge in [-0.15, -0.1) is 0 Å². The van der Waals surface area contributed by atoms with Gasteiger partial charge >= 0.3 is 6.18 Å². The first-order valence-electron chi connectivity index (χ1n) is 12.7. The lowest BCUT2D eigenvalue weighted by Gasteiger charge is -2.46. The van der Waals surface area contributed by atoms with E-state index < -0.39 is 82.8 Å². The van der Waals surface area contributed by atoms with E-state index in [1.807, 2.05) is 0 Å². The Labute approximate surface area is 228 Å². The van der Waals surface area contributed by atoms with Crippen molar-refractivity contribution in [3.8, 4) is 5.75 Å². The van der Waals surface area contributed by atoms with E-state index in [9.17, 15) is 48.0 Å². The molecule has 0 aliphatic heterocycles. The molecule has 0 bridgehead atoms. The van der Waals surface area contributed by atoms with Crippen molar-refractivity contribution in [3.63, 3.8) is 0 Å². The number of phenolic OH excluding ortho intramolecular Hbond substituents is 1. The van der Waals surface area contributed by atoms with E-state index in [1.165, 1.54) is 18.9 Å². The van der Waals surface area contributed by atoms with Gasteiger partial charge in [0.05, 0.1) is 12.0 Å². The van der Waals surface area contributed by atoms with E-state index in [1.54, 1.807) is 25.1 Å². The molecule has 10 nitrogen and oxygen atoms in total. The SMILES string of the molecule is CC(CC(F)(F)F)N(C)Cc1cc(N(C)C)c2c(c1O)C(O)=C1C(=O)C3(O)C(O)=C(C(N)=O)C(=O)CC3CC1C2. The molecule has 218 valence electrons. The summed E-state index contributed by atoms with van der Waals surface area (Å²) in [4.78, 5) is 41.1. The standard InChI is InChI=1S/C27H32F3N3O7/c1-11(9-26(28,29)30)33(4)10-13-7-16(32(2)3)15-6-12-5-14-8-17(34)20(25(31)39)24(38)27(14,40)23(37)18(12)22(36)19(15)21(13)35/h7,11-12,14,35-36,38,40H,5-6,8-10H2,1-4H3,(H2,31,39). The lowest BCUT2D eigenvalue weighted by atomic mass is 9.59. The van der Waals surface area contributed by atoms with Crippen molar-refractivity contribution >= 4 is 28.9 Å². The minimum atomic E-state index is -4.39. The number of anilines is 1. The molecule has 0 saturated heterocycles. The van der Waals surface area contributed by atoms with Gasteiger partial charge in [-0.1, -0.05) is 0 Å². The fraction of sp³-hybridized carbons (Fsp3) is 0.519. The number of Topliss-reactive ketones (excluding diaryl/α,β-unsaturated/α-hetero) is 2. The molecule has 1 aromatic rings. The van der Waals surface area contributed by atoms with Crippen molar-refractivity contribution in [1.29, 1.82) is 0 Å². The van der Waals surface area contributed by atoms with E-state index in [0.717, 1.165) is 0 Å². The third kappa shape index (κ3) is 4.60. The number of aliphatic hydroxyl groups excluding tert-OH is 2. The number of aliphatic hydroxyl groups is 3. The Morgan fingerprint density at radius 1 is 1.18 bits per heavy atom. The van der Waals surface area contributed by atoms with E-state index in [2.05, 4.69) is 0 Å². The van der Waals surface area contributed by atoms with Crippen LogP contribution in [0.4, 0.5) is 18.9 Å². The summed E-state index contributed by atoms with van der Waals surface area (Å²) >= 11 is 0. The number of fused-ring (bicyclic) bond motifs is 3. The van der Waals surface area contributed by atoms with Gasteiger partial charge in [0.2, 0.25) is 5.78 Å². The molecule has 6 N–H and O–H groups in total. The summed E-state index contributed by atoms with van der Waals surface area (Å²) in [5, 5.41) is 44.7. The Kier molecular flexibility index (Phi) is 7.21. The van der Waals surface area contributed by atoms with Gasteiger partial charge in [0.25, 0.3) is 5.91 Å². The van der Waals surface area contributed by atoms with E-state index in [0.29, 0.717) is 11.3 Å². The van der Waals surface area contributed by atoms with Crippen LogP contribution in [0.15, 0.2) is 23.0 Å². The number of benzene rings is 1. The largest absolute Gasteiger partial charge is 0.508 e. The summed E-state index contributed by atoms with van der Waals surface area (Å²) < 4.78 is 38.9. The van der Waals surface area contributed by atoms with Crippen LogP contribution in [-0.2, 0) is 27.3 Å². The molecule has 4 rings (SSSR count). The smallest absolute Gasteiger partial charge is 0.390 e. The number of rotatable bonds is 6. The minimum Gasteiger partial charge on any atom is -0.508 e. The zero-order valence-corrected chi connectivity index (χ0v) is 22.5. The monoisotopic (exact) mass is 567 g/mol. The van der Waals surface area contributed by atoms with Gasteiger partial charge in [-0.3, -0.25) is 19.3 Å². The van der Waals surface area contributed by atoms with Crippen LogP contribution in [0, 0.1) is 11.8 Å². The topological polar surface area (TPSA) is 165 Å². The molecule has 3 aliphatic rings. The second-order valence-corrected chi connectivity index (χ2v) is 11.1. The summed E-state index contributed by atoms with van der Waals surface area (Å²) in [5.74, 6) is -7.26. The summed E-state index contributed by atoms with van der Waals surface area (Å²) in [6, 6.07) is 0.686. The normalized spacial score (nSPS) is 25.5. The Morgan fingerprint density at radius 2 is 1.80 bits per heavy atom. The van der Waals surface area contributed by atoms with Crippen LogP contribution >= 0.6 is 0 Å². The number of nitrogens with zero attached hydrogens (tertiary/aromatic N) is 2. The molecular formula is C27H32F3N3O7. The first-order chi connectivity index (χ1) is 18.4.